The van der Waals surface area contributed by atoms with Gasteiger partial charge in [-0.25, -0.2) is 13.1 Å². The molecule has 0 aromatic carbocycles. The maximum atomic E-state index is 12.1. The van der Waals surface area contributed by atoms with Gasteiger partial charge in [0.1, 0.15) is 0 Å². The van der Waals surface area contributed by atoms with Crippen molar-refractivity contribution < 1.29 is 13.2 Å². The number of hydrogen-bond donors (Lipinski definition) is 2. The van der Waals surface area contributed by atoms with Crippen molar-refractivity contribution in [3.8, 4) is 0 Å². The van der Waals surface area contributed by atoms with Gasteiger partial charge in [0.2, 0.25) is 10.0 Å². The molecule has 0 spiro atoms. The van der Waals surface area contributed by atoms with E-state index in [9.17, 15) is 8.42 Å². The second-order valence-corrected chi connectivity index (χ2v) is 8.09. The van der Waals surface area contributed by atoms with Crippen molar-refractivity contribution in [2.24, 2.45) is 4.99 Å². The normalized spacial score (nSPS) is 19.3. The third kappa shape index (κ3) is 8.84. The Morgan fingerprint density at radius 1 is 1.33 bits per heavy atom. The standard InChI is InChI=1S/C16H34N4O3S/c1-4-6-11-20(3)16(17-5-2)18-10-13-24(21,22)19-14-15-9-7-8-12-23-15/h15,19H,4-14H2,1-3H3,(H,17,18). The summed E-state index contributed by atoms with van der Waals surface area (Å²) in [6, 6.07) is 0. The number of nitrogens with zero attached hydrogens (tertiary/aromatic N) is 2. The summed E-state index contributed by atoms with van der Waals surface area (Å²) in [4.78, 5) is 6.47. The van der Waals surface area contributed by atoms with Gasteiger partial charge in [0, 0.05) is 33.3 Å². The molecule has 0 radical (unpaired) electrons. The molecule has 0 aromatic rings. The first-order valence-electron chi connectivity index (χ1n) is 9.07. The Labute approximate surface area is 147 Å². The van der Waals surface area contributed by atoms with E-state index in [-0.39, 0.29) is 18.4 Å². The summed E-state index contributed by atoms with van der Waals surface area (Å²) >= 11 is 0. The third-order valence-corrected chi connectivity index (χ3v) is 5.30. The van der Waals surface area contributed by atoms with E-state index in [0.29, 0.717) is 6.54 Å². The van der Waals surface area contributed by atoms with Gasteiger partial charge in [0.25, 0.3) is 0 Å². The molecule has 0 amide bonds. The smallest absolute Gasteiger partial charge is 0.213 e. The van der Waals surface area contributed by atoms with Crippen molar-refractivity contribution in [1.29, 1.82) is 0 Å². The van der Waals surface area contributed by atoms with Gasteiger partial charge in [-0.2, -0.15) is 0 Å². The van der Waals surface area contributed by atoms with Gasteiger partial charge in [-0.05, 0) is 32.6 Å². The Bertz CT molecular complexity index is 462. The highest BCUT2D eigenvalue weighted by atomic mass is 32.2. The Hall–Kier alpha value is -0.860. The zero-order chi connectivity index (χ0) is 17.8. The maximum absolute atomic E-state index is 12.1. The number of nitrogens with one attached hydrogen (secondary N) is 2. The molecular formula is C16H34N4O3S. The predicted octanol–water partition coefficient (Wildman–Crippen LogP) is 1.17. The summed E-state index contributed by atoms with van der Waals surface area (Å²) in [5.74, 6) is 0.757. The molecule has 0 aromatic heterocycles. The van der Waals surface area contributed by atoms with Gasteiger partial charge in [-0.3, -0.25) is 4.99 Å². The number of unbranched alkanes of at least 4 members (excludes halogenated alkanes) is 1. The first kappa shape index (κ1) is 21.2. The number of sulfonamides is 1. The van der Waals surface area contributed by atoms with Crippen LogP contribution in [-0.2, 0) is 14.8 Å². The molecule has 24 heavy (non-hydrogen) atoms. The van der Waals surface area contributed by atoms with Gasteiger partial charge in [0.15, 0.2) is 5.96 Å². The van der Waals surface area contributed by atoms with Crippen LogP contribution in [0, 0.1) is 0 Å². The molecule has 1 saturated heterocycles. The van der Waals surface area contributed by atoms with E-state index < -0.39 is 10.0 Å². The Kier molecular flexibility index (Phi) is 10.3. The first-order valence-corrected chi connectivity index (χ1v) is 10.7. The average molecular weight is 363 g/mol. The fourth-order valence-electron chi connectivity index (χ4n) is 2.50. The Morgan fingerprint density at radius 2 is 2.12 bits per heavy atom. The number of rotatable bonds is 10. The summed E-state index contributed by atoms with van der Waals surface area (Å²) < 4.78 is 32.4. The molecule has 0 aliphatic carbocycles. The van der Waals surface area contributed by atoms with Gasteiger partial charge in [0.05, 0.1) is 18.4 Å². The van der Waals surface area contributed by atoms with Crippen LogP contribution in [0.5, 0.6) is 0 Å². The largest absolute Gasteiger partial charge is 0.377 e. The van der Waals surface area contributed by atoms with E-state index in [2.05, 4.69) is 22.0 Å². The van der Waals surface area contributed by atoms with Crippen LogP contribution in [0.15, 0.2) is 4.99 Å². The Balaban J connectivity index is 2.41. The molecule has 0 saturated carbocycles. The van der Waals surface area contributed by atoms with Gasteiger partial charge < -0.3 is 15.0 Å². The van der Waals surface area contributed by atoms with Crippen molar-refractivity contribution >= 4 is 16.0 Å². The molecule has 1 aliphatic rings. The number of hydrogen-bond acceptors (Lipinski definition) is 4. The van der Waals surface area contributed by atoms with E-state index in [1.54, 1.807) is 0 Å². The highest BCUT2D eigenvalue weighted by Gasteiger charge is 2.17. The molecule has 1 unspecified atom stereocenters. The molecule has 2 N–H and O–H groups in total. The lowest BCUT2D eigenvalue weighted by Crippen LogP contribution is -2.40. The zero-order valence-corrected chi connectivity index (χ0v) is 16.2. The third-order valence-electron chi connectivity index (χ3n) is 3.97. The number of aliphatic imine (C=N–C) groups is 1. The van der Waals surface area contributed by atoms with Crippen molar-refractivity contribution in [3.63, 3.8) is 0 Å². The lowest BCUT2D eigenvalue weighted by Gasteiger charge is -2.23. The molecule has 1 heterocycles. The minimum Gasteiger partial charge on any atom is -0.377 e. The molecule has 8 heteroatoms. The van der Waals surface area contributed by atoms with Crippen molar-refractivity contribution in [2.45, 2.75) is 52.1 Å². The number of ether oxygens (including phenoxy) is 1. The van der Waals surface area contributed by atoms with Crippen LogP contribution in [0.1, 0.15) is 46.0 Å². The van der Waals surface area contributed by atoms with Crippen LogP contribution in [-0.4, -0.2) is 71.0 Å². The number of guanidine groups is 1. The van der Waals surface area contributed by atoms with E-state index >= 15 is 0 Å². The molecule has 1 rings (SSSR count). The minimum atomic E-state index is -3.32. The lowest BCUT2D eigenvalue weighted by atomic mass is 10.1. The quantitative estimate of drug-likeness (QED) is 0.450. The van der Waals surface area contributed by atoms with Crippen LogP contribution in [0.25, 0.3) is 0 Å². The minimum absolute atomic E-state index is 0.00374. The van der Waals surface area contributed by atoms with Crippen molar-refractivity contribution in [2.75, 3.05) is 45.6 Å². The highest BCUT2D eigenvalue weighted by Crippen LogP contribution is 2.11. The molecule has 1 aliphatic heterocycles. The SMILES string of the molecule is CCCCN(C)C(=NCCS(=O)(=O)NCC1CCCCO1)NCC. The highest BCUT2D eigenvalue weighted by molar-refractivity contribution is 7.89. The summed E-state index contributed by atoms with van der Waals surface area (Å²) in [7, 11) is -1.34. The van der Waals surface area contributed by atoms with E-state index in [4.69, 9.17) is 4.74 Å². The topological polar surface area (TPSA) is 83.0 Å². The fraction of sp³-hybridized carbons (Fsp3) is 0.938. The second kappa shape index (κ2) is 11.7. The summed E-state index contributed by atoms with van der Waals surface area (Å²) in [5.41, 5.74) is 0. The molecular weight excluding hydrogens is 328 g/mol. The summed E-state index contributed by atoms with van der Waals surface area (Å²) in [6.45, 7) is 7.17. The molecule has 0 bridgehead atoms. The van der Waals surface area contributed by atoms with Gasteiger partial charge in [-0.15, -0.1) is 0 Å². The average Bonchev–Trinajstić information content (AvgIpc) is 2.58. The van der Waals surface area contributed by atoms with Crippen LogP contribution in [0.2, 0.25) is 0 Å². The van der Waals surface area contributed by atoms with E-state index in [0.717, 1.165) is 57.8 Å². The van der Waals surface area contributed by atoms with Crippen molar-refractivity contribution in [3.05, 3.63) is 0 Å². The van der Waals surface area contributed by atoms with Gasteiger partial charge >= 0.3 is 0 Å². The summed E-state index contributed by atoms with van der Waals surface area (Å²) in [6.07, 6.45) is 5.30. The lowest BCUT2D eigenvalue weighted by molar-refractivity contribution is 0.0200. The van der Waals surface area contributed by atoms with Gasteiger partial charge in [-0.1, -0.05) is 13.3 Å². The van der Waals surface area contributed by atoms with Crippen LogP contribution < -0.4 is 10.0 Å². The molecule has 1 atom stereocenters. The molecule has 142 valence electrons. The van der Waals surface area contributed by atoms with Crippen LogP contribution >= 0.6 is 0 Å². The van der Waals surface area contributed by atoms with E-state index in [1.165, 1.54) is 0 Å². The van der Waals surface area contributed by atoms with Crippen LogP contribution in [0.4, 0.5) is 0 Å². The van der Waals surface area contributed by atoms with E-state index in [1.807, 2.05) is 18.9 Å². The fourth-order valence-corrected chi connectivity index (χ4v) is 3.42. The monoisotopic (exact) mass is 362 g/mol. The summed E-state index contributed by atoms with van der Waals surface area (Å²) in [5, 5.41) is 3.20. The van der Waals surface area contributed by atoms with Crippen LogP contribution in [0.3, 0.4) is 0 Å². The maximum Gasteiger partial charge on any atom is 0.213 e. The molecule has 7 nitrogen and oxygen atoms in total. The predicted molar refractivity (Wildman–Crippen MR) is 98.9 cm³/mol. The zero-order valence-electron chi connectivity index (χ0n) is 15.4. The Morgan fingerprint density at radius 3 is 2.75 bits per heavy atom. The van der Waals surface area contributed by atoms with Crippen molar-refractivity contribution in [1.82, 2.24) is 14.9 Å². The first-order chi connectivity index (χ1) is 11.5. The second-order valence-electron chi connectivity index (χ2n) is 6.17. The molecule has 1 fully saturated rings.